The Hall–Kier alpha value is -1.33. The fourth-order valence-electron chi connectivity index (χ4n) is 1.57. The van der Waals surface area contributed by atoms with Crippen LogP contribution in [0.1, 0.15) is 20.7 Å². The molecule has 0 bridgehead atoms. The quantitative estimate of drug-likeness (QED) is 0.443. The Morgan fingerprint density at radius 3 is 1.74 bits per heavy atom. The predicted octanol–water partition coefficient (Wildman–Crippen LogP) is -0.700. The molecule has 0 unspecified atom stereocenters. The van der Waals surface area contributed by atoms with Crippen LogP contribution in [0.2, 0.25) is 0 Å². The van der Waals surface area contributed by atoms with Gasteiger partial charge in [-0.25, -0.2) is 0 Å². The van der Waals surface area contributed by atoms with Crippen LogP contribution in [-0.4, -0.2) is 56.8 Å². The molecule has 98 valence electrons. The van der Waals surface area contributed by atoms with Crippen molar-refractivity contribution in [1.82, 2.24) is 0 Å². The Bertz CT molecular complexity index is 598. The maximum atomic E-state index is 11.5. The van der Waals surface area contributed by atoms with Crippen molar-refractivity contribution in [2.75, 3.05) is 14.2 Å². The molecule has 0 heterocycles. The number of carbonyl (C=O) groups excluding carboxylic acids is 2. The Kier molecular flexibility index (Phi) is 4.76. The number of hydrogen-bond donors (Lipinski definition) is 1. The van der Waals surface area contributed by atoms with Gasteiger partial charge in [0.1, 0.15) is 0 Å². The number of rotatable bonds is 3. The molecule has 0 fully saturated rings. The number of methoxy groups -OCH3 is 2. The minimum atomic E-state index is -4.79. The van der Waals surface area contributed by atoms with E-state index in [2.05, 4.69) is 9.47 Å². The van der Waals surface area contributed by atoms with E-state index < -0.39 is 38.1 Å². The second kappa shape index (κ2) is 5.75. The molecule has 7 nitrogen and oxygen atoms in total. The van der Waals surface area contributed by atoms with Gasteiger partial charge in [0.2, 0.25) is 0 Å². The van der Waals surface area contributed by atoms with E-state index in [1.165, 1.54) is 12.1 Å². The number of hydrogen-bond acceptors (Lipinski definition) is 6. The van der Waals surface area contributed by atoms with Gasteiger partial charge in [0, 0.05) is 0 Å². The van der Waals surface area contributed by atoms with E-state index in [1.54, 1.807) is 17.7 Å². The van der Waals surface area contributed by atoms with Crippen LogP contribution >= 0.6 is 0 Å². The van der Waals surface area contributed by atoms with Gasteiger partial charge in [0.15, 0.2) is 0 Å². The van der Waals surface area contributed by atoms with Crippen molar-refractivity contribution in [3.05, 3.63) is 23.3 Å². The van der Waals surface area contributed by atoms with E-state index in [9.17, 15) is 22.6 Å². The van der Waals surface area contributed by atoms with Crippen molar-refractivity contribution in [3.8, 4) is 0 Å². The molecule has 0 radical (unpaired) electrons. The van der Waals surface area contributed by atoms with Gasteiger partial charge in [-0.15, -0.1) is 0 Å². The monoisotopic (exact) mass is 280 g/mol. The summed E-state index contributed by atoms with van der Waals surface area (Å²) in [6.45, 7) is 0. The van der Waals surface area contributed by atoms with Crippen LogP contribution in [0.15, 0.2) is 17.0 Å². The number of ether oxygens (including phenoxy) is 2. The van der Waals surface area contributed by atoms with Gasteiger partial charge in [0.05, 0.1) is 0 Å². The average Bonchev–Trinajstić information content (AvgIpc) is 2.34. The molecule has 0 saturated carbocycles. The number of esters is 2. The molecule has 1 N–H and O–H groups in total. The average molecular weight is 280 g/mol. The Morgan fingerprint density at radius 1 is 1.11 bits per heavy atom. The first-order valence-electron chi connectivity index (χ1n) is 5.01. The van der Waals surface area contributed by atoms with Crippen LogP contribution in [0, 0.1) is 0 Å². The summed E-state index contributed by atoms with van der Waals surface area (Å²) in [7, 11) is -2.69. The maximum absolute atomic E-state index is 11.5. The van der Waals surface area contributed by atoms with Crippen LogP contribution in [-0.2, 0) is 19.6 Å². The van der Waals surface area contributed by atoms with Crippen LogP contribution in [0.5, 0.6) is 0 Å². The SMILES string of the molecule is [Li][c]1cc(C(=O)OC)c(S(=O)(=O)O)c(C(=O)OC)c1. The molecule has 1 aromatic rings. The van der Waals surface area contributed by atoms with E-state index in [4.69, 9.17) is 0 Å². The zero-order chi connectivity index (χ0) is 14.8. The van der Waals surface area contributed by atoms with Gasteiger partial charge in [0.25, 0.3) is 0 Å². The molecule has 1 aromatic carbocycles. The standard InChI is InChI=1S/C10H9O7S.Li/c1-16-9(11)6-4-3-5-7(10(12)17-2)8(6)18(13,14)15;/h4-5H,1-2H3,(H,13,14,15);. The summed E-state index contributed by atoms with van der Waals surface area (Å²) >= 11 is 1.55. The van der Waals surface area contributed by atoms with Gasteiger partial charge < -0.3 is 0 Å². The van der Waals surface area contributed by atoms with Crippen LogP contribution in [0.25, 0.3) is 0 Å². The number of benzene rings is 1. The predicted molar refractivity (Wildman–Crippen MR) is 64.3 cm³/mol. The third-order valence-electron chi connectivity index (χ3n) is 2.30. The summed E-state index contributed by atoms with van der Waals surface area (Å²) in [5.41, 5.74) is -0.851. The Labute approximate surface area is 118 Å². The first-order valence-corrected chi connectivity index (χ1v) is 6.45. The molecule has 0 aliphatic carbocycles. The molecule has 9 heteroatoms. The fourth-order valence-corrected chi connectivity index (χ4v) is 2.41. The molecule has 0 aliphatic rings. The van der Waals surface area contributed by atoms with Crippen molar-refractivity contribution in [1.29, 1.82) is 0 Å². The summed E-state index contributed by atoms with van der Waals surface area (Å²) < 4.78 is 41.2. The number of carbonyl (C=O) groups is 2. The molecule has 19 heavy (non-hydrogen) atoms. The molecular weight excluding hydrogens is 271 g/mol. The van der Waals surface area contributed by atoms with E-state index in [1.807, 2.05) is 0 Å². The summed E-state index contributed by atoms with van der Waals surface area (Å²) in [4.78, 5) is 22.3. The van der Waals surface area contributed by atoms with Gasteiger partial charge in [-0.1, -0.05) is 0 Å². The van der Waals surface area contributed by atoms with E-state index in [0.29, 0.717) is 4.24 Å². The fraction of sp³-hybridized carbons (Fsp3) is 0.200. The van der Waals surface area contributed by atoms with Gasteiger partial charge in [-0.3, -0.25) is 0 Å². The van der Waals surface area contributed by atoms with Crippen molar-refractivity contribution in [2.45, 2.75) is 4.90 Å². The van der Waals surface area contributed by atoms with E-state index >= 15 is 0 Å². The second-order valence-corrected chi connectivity index (χ2v) is 5.01. The molecule has 0 aromatic heterocycles. The zero-order valence-corrected chi connectivity index (χ0v) is 11.3. The molecular formula is C10H9LiO7S. The third-order valence-corrected chi connectivity index (χ3v) is 3.26. The molecule has 0 spiro atoms. The van der Waals surface area contributed by atoms with Crippen molar-refractivity contribution >= 4 is 44.0 Å². The van der Waals surface area contributed by atoms with Crippen LogP contribution in [0.4, 0.5) is 0 Å². The first-order chi connectivity index (χ1) is 8.72. The molecule has 0 aliphatic heterocycles. The summed E-state index contributed by atoms with van der Waals surface area (Å²) in [6, 6.07) is 2.39. The van der Waals surface area contributed by atoms with Gasteiger partial charge in [-0.2, -0.15) is 0 Å². The van der Waals surface area contributed by atoms with Gasteiger partial charge >= 0.3 is 118 Å². The molecule has 1 rings (SSSR count). The molecule has 0 amide bonds. The summed E-state index contributed by atoms with van der Waals surface area (Å²) in [5, 5.41) is 0. The zero-order valence-electron chi connectivity index (χ0n) is 10.5. The summed E-state index contributed by atoms with van der Waals surface area (Å²) in [5.74, 6) is -1.97. The van der Waals surface area contributed by atoms with E-state index in [-0.39, 0.29) is 0 Å². The molecule has 0 saturated heterocycles. The van der Waals surface area contributed by atoms with Crippen LogP contribution < -0.4 is 4.24 Å². The van der Waals surface area contributed by atoms with Crippen LogP contribution in [0.3, 0.4) is 0 Å². The minimum absolute atomic E-state index is 0.426. The molecule has 0 atom stereocenters. The van der Waals surface area contributed by atoms with E-state index in [0.717, 1.165) is 14.2 Å². The first kappa shape index (κ1) is 15.7. The van der Waals surface area contributed by atoms with Crippen molar-refractivity contribution < 1.29 is 32.0 Å². The van der Waals surface area contributed by atoms with Gasteiger partial charge in [-0.05, 0) is 0 Å². The third kappa shape index (κ3) is 3.36. The Morgan fingerprint density at radius 2 is 1.47 bits per heavy atom. The second-order valence-electron chi connectivity index (χ2n) is 3.65. The topological polar surface area (TPSA) is 107 Å². The van der Waals surface area contributed by atoms with Crippen molar-refractivity contribution in [3.63, 3.8) is 0 Å². The Balaban J connectivity index is 3.79. The summed E-state index contributed by atoms with van der Waals surface area (Å²) in [6.07, 6.45) is 0. The van der Waals surface area contributed by atoms with Crippen molar-refractivity contribution in [2.24, 2.45) is 0 Å². The normalized spacial score (nSPS) is 11.0.